The lowest BCUT2D eigenvalue weighted by Gasteiger charge is -2.09. The summed E-state index contributed by atoms with van der Waals surface area (Å²) in [6, 6.07) is 1.71. The number of hydrogen-bond donors (Lipinski definition) is 4. The third-order valence-electron chi connectivity index (χ3n) is 1.65. The molecule has 0 aliphatic carbocycles. The van der Waals surface area contributed by atoms with Crippen LogP contribution in [0.1, 0.15) is 0 Å². The minimum absolute atomic E-state index is 0.261. The van der Waals surface area contributed by atoms with Gasteiger partial charge in [0.05, 0.1) is 12.7 Å². The van der Waals surface area contributed by atoms with Crippen molar-refractivity contribution in [3.63, 3.8) is 0 Å². The highest BCUT2D eigenvalue weighted by Gasteiger charge is 2.02. The summed E-state index contributed by atoms with van der Waals surface area (Å²) < 4.78 is 0. The molecule has 0 spiro atoms. The summed E-state index contributed by atoms with van der Waals surface area (Å²) >= 11 is 0. The first-order chi connectivity index (χ1) is 6.76. The van der Waals surface area contributed by atoms with Gasteiger partial charge in [0.15, 0.2) is 0 Å². The smallest absolute Gasteiger partial charge is 0.131 e. The Labute approximate surface area is 82.0 Å². The third-order valence-corrected chi connectivity index (χ3v) is 1.65. The number of aromatic nitrogens is 2. The minimum Gasteiger partial charge on any atom is -0.394 e. The molecule has 6 nitrogen and oxygen atoms in total. The molecule has 0 bridgehead atoms. The molecule has 0 aliphatic heterocycles. The highest BCUT2D eigenvalue weighted by atomic mass is 16.3. The van der Waals surface area contributed by atoms with Crippen LogP contribution in [0, 0.1) is 0 Å². The Hall–Kier alpha value is -1.40. The Bertz CT molecular complexity index is 282. The molecular weight excluding hydrogens is 184 g/mol. The van der Waals surface area contributed by atoms with Crippen LogP contribution in [0.2, 0.25) is 0 Å². The molecule has 0 fully saturated rings. The zero-order valence-corrected chi connectivity index (χ0v) is 7.94. The van der Waals surface area contributed by atoms with Gasteiger partial charge in [0.1, 0.15) is 18.0 Å². The van der Waals surface area contributed by atoms with Crippen molar-refractivity contribution in [3.05, 3.63) is 12.4 Å². The fourth-order valence-electron chi connectivity index (χ4n) is 0.878. The molecule has 1 atom stereocenters. The minimum atomic E-state index is -0.775. The maximum absolute atomic E-state index is 9.07. The van der Waals surface area contributed by atoms with Crippen LogP contribution in [0.3, 0.4) is 0 Å². The Kier molecular flexibility index (Phi) is 4.09. The number of anilines is 2. The van der Waals surface area contributed by atoms with Gasteiger partial charge in [0.25, 0.3) is 0 Å². The Balaban J connectivity index is 2.50. The van der Waals surface area contributed by atoms with E-state index in [4.69, 9.17) is 10.2 Å². The van der Waals surface area contributed by atoms with Crippen LogP contribution in [-0.2, 0) is 0 Å². The fourth-order valence-corrected chi connectivity index (χ4v) is 0.878. The summed E-state index contributed by atoms with van der Waals surface area (Å²) in [5.74, 6) is 1.30. The van der Waals surface area contributed by atoms with E-state index < -0.39 is 6.10 Å². The van der Waals surface area contributed by atoms with Gasteiger partial charge in [-0.15, -0.1) is 0 Å². The Morgan fingerprint density at radius 2 is 2.14 bits per heavy atom. The number of nitrogens with one attached hydrogen (secondary N) is 2. The van der Waals surface area contributed by atoms with Crippen LogP contribution >= 0.6 is 0 Å². The van der Waals surface area contributed by atoms with Crippen molar-refractivity contribution in [3.8, 4) is 0 Å². The number of aliphatic hydroxyl groups excluding tert-OH is 2. The lowest BCUT2D eigenvalue weighted by molar-refractivity contribution is 0.105. The van der Waals surface area contributed by atoms with Crippen molar-refractivity contribution in [2.45, 2.75) is 6.10 Å². The summed E-state index contributed by atoms with van der Waals surface area (Å²) in [6.45, 7) is -0.00631. The molecule has 1 unspecified atom stereocenters. The van der Waals surface area contributed by atoms with Crippen molar-refractivity contribution in [1.82, 2.24) is 9.97 Å². The van der Waals surface area contributed by atoms with E-state index in [1.807, 2.05) is 0 Å². The molecule has 0 saturated heterocycles. The summed E-state index contributed by atoms with van der Waals surface area (Å²) in [4.78, 5) is 7.87. The van der Waals surface area contributed by atoms with E-state index in [1.165, 1.54) is 6.33 Å². The van der Waals surface area contributed by atoms with Crippen molar-refractivity contribution in [2.75, 3.05) is 30.8 Å². The zero-order chi connectivity index (χ0) is 10.4. The van der Waals surface area contributed by atoms with E-state index in [1.54, 1.807) is 13.1 Å². The first-order valence-corrected chi connectivity index (χ1v) is 4.29. The van der Waals surface area contributed by atoms with Crippen molar-refractivity contribution in [1.29, 1.82) is 0 Å². The normalized spacial score (nSPS) is 12.2. The molecular formula is C8H14N4O2. The highest BCUT2D eigenvalue weighted by molar-refractivity contribution is 5.45. The highest BCUT2D eigenvalue weighted by Crippen LogP contribution is 2.06. The van der Waals surface area contributed by atoms with Crippen LogP contribution < -0.4 is 10.6 Å². The molecule has 0 aliphatic rings. The summed E-state index contributed by atoms with van der Waals surface area (Å²) in [7, 11) is 1.76. The number of hydrogen-bond acceptors (Lipinski definition) is 6. The molecule has 1 aromatic rings. The molecule has 0 radical (unpaired) electrons. The quantitative estimate of drug-likeness (QED) is 0.499. The average molecular weight is 198 g/mol. The summed E-state index contributed by atoms with van der Waals surface area (Å²) in [5.41, 5.74) is 0. The fraction of sp³-hybridized carbons (Fsp3) is 0.500. The van der Waals surface area contributed by atoms with Crippen LogP contribution in [0.5, 0.6) is 0 Å². The standard InChI is InChI=1S/C8H14N4O2/c1-9-7-2-8(12-5-11-7)10-3-6(14)4-13/h2,5-6,13-14H,3-4H2,1H3,(H2,9,10,11,12). The molecule has 0 aromatic carbocycles. The molecule has 1 rings (SSSR count). The molecule has 78 valence electrons. The van der Waals surface area contributed by atoms with Gasteiger partial charge in [-0.1, -0.05) is 0 Å². The van der Waals surface area contributed by atoms with Crippen molar-refractivity contribution >= 4 is 11.6 Å². The maximum Gasteiger partial charge on any atom is 0.131 e. The first-order valence-electron chi connectivity index (χ1n) is 4.29. The molecule has 0 saturated carbocycles. The van der Waals surface area contributed by atoms with Gasteiger partial charge < -0.3 is 20.8 Å². The summed E-state index contributed by atoms with van der Waals surface area (Å²) in [5, 5.41) is 23.4. The average Bonchev–Trinajstić information content (AvgIpc) is 2.26. The topological polar surface area (TPSA) is 90.3 Å². The second-order valence-electron chi connectivity index (χ2n) is 2.76. The largest absolute Gasteiger partial charge is 0.394 e. The summed E-state index contributed by atoms with van der Waals surface area (Å²) in [6.07, 6.45) is 0.641. The van der Waals surface area contributed by atoms with Gasteiger partial charge in [-0.25, -0.2) is 9.97 Å². The molecule has 1 aromatic heterocycles. The Morgan fingerprint density at radius 3 is 2.79 bits per heavy atom. The second kappa shape index (κ2) is 5.36. The van der Waals surface area contributed by atoms with Crippen LogP contribution in [0.15, 0.2) is 12.4 Å². The van der Waals surface area contributed by atoms with Crippen molar-refractivity contribution < 1.29 is 10.2 Å². The molecule has 6 heteroatoms. The van der Waals surface area contributed by atoms with E-state index in [9.17, 15) is 0 Å². The maximum atomic E-state index is 9.07. The zero-order valence-electron chi connectivity index (χ0n) is 7.94. The van der Waals surface area contributed by atoms with Crippen molar-refractivity contribution in [2.24, 2.45) is 0 Å². The Morgan fingerprint density at radius 1 is 1.43 bits per heavy atom. The number of aliphatic hydroxyl groups is 2. The van der Waals surface area contributed by atoms with Crippen LogP contribution in [0.4, 0.5) is 11.6 Å². The van der Waals surface area contributed by atoms with Crippen LogP contribution in [0.25, 0.3) is 0 Å². The number of rotatable bonds is 5. The monoisotopic (exact) mass is 198 g/mol. The third kappa shape index (κ3) is 3.15. The van der Waals surface area contributed by atoms with Gasteiger partial charge in [-0.2, -0.15) is 0 Å². The van der Waals surface area contributed by atoms with Gasteiger partial charge >= 0.3 is 0 Å². The molecule has 0 amide bonds. The van der Waals surface area contributed by atoms with E-state index >= 15 is 0 Å². The second-order valence-corrected chi connectivity index (χ2v) is 2.76. The van der Waals surface area contributed by atoms with Gasteiger partial charge in [0, 0.05) is 19.7 Å². The van der Waals surface area contributed by atoms with Gasteiger partial charge in [-0.3, -0.25) is 0 Å². The van der Waals surface area contributed by atoms with E-state index in [0.29, 0.717) is 11.6 Å². The predicted octanol–water partition coefficient (Wildman–Crippen LogP) is -0.717. The molecule has 1 heterocycles. The lowest BCUT2D eigenvalue weighted by Crippen LogP contribution is -2.23. The van der Waals surface area contributed by atoms with E-state index in [2.05, 4.69) is 20.6 Å². The van der Waals surface area contributed by atoms with Gasteiger partial charge in [0.2, 0.25) is 0 Å². The number of nitrogens with zero attached hydrogens (tertiary/aromatic N) is 2. The van der Waals surface area contributed by atoms with Crippen LogP contribution in [-0.4, -0.2) is 46.5 Å². The van der Waals surface area contributed by atoms with E-state index in [0.717, 1.165) is 0 Å². The van der Waals surface area contributed by atoms with E-state index in [-0.39, 0.29) is 13.2 Å². The first kappa shape index (κ1) is 10.7. The SMILES string of the molecule is CNc1cc(NCC(O)CO)ncn1. The molecule has 4 N–H and O–H groups in total. The molecule has 14 heavy (non-hydrogen) atoms. The lowest BCUT2D eigenvalue weighted by atomic mass is 10.4. The van der Waals surface area contributed by atoms with Gasteiger partial charge in [-0.05, 0) is 0 Å². The predicted molar refractivity (Wildman–Crippen MR) is 53.2 cm³/mol.